The topological polar surface area (TPSA) is 95.1 Å². The Morgan fingerprint density at radius 3 is 2.91 bits per heavy atom. The number of para-hydroxylation sites is 1. The van der Waals surface area contributed by atoms with Crippen LogP contribution in [0.1, 0.15) is 27.7 Å². The van der Waals surface area contributed by atoms with Crippen molar-refractivity contribution >= 4 is 34.1 Å². The summed E-state index contributed by atoms with van der Waals surface area (Å²) in [5.74, 6) is -1.28. The third kappa shape index (κ3) is 2.84. The molecule has 0 spiro atoms. The summed E-state index contributed by atoms with van der Waals surface area (Å²) in [5.41, 5.74) is 1.09. The molecule has 112 valence electrons. The smallest absolute Gasteiger partial charge is 0.305 e. The average Bonchev–Trinajstić information content (AvgIpc) is 3.16. The fourth-order valence-electron chi connectivity index (χ4n) is 2.28. The largest absolute Gasteiger partial charge is 0.481 e. The zero-order chi connectivity index (χ0) is 15.5. The van der Waals surface area contributed by atoms with Crippen molar-refractivity contribution in [2.24, 2.45) is 0 Å². The molecule has 3 N–H and O–H groups in total. The summed E-state index contributed by atoms with van der Waals surface area (Å²) in [5, 5.41) is 21.2. The maximum absolute atomic E-state index is 12.5. The summed E-state index contributed by atoms with van der Waals surface area (Å²) in [7, 11) is 0. The van der Waals surface area contributed by atoms with Gasteiger partial charge in [-0.2, -0.15) is 5.10 Å². The van der Waals surface area contributed by atoms with E-state index in [1.165, 1.54) is 11.3 Å². The Bertz CT molecular complexity index is 810. The number of fused-ring (bicyclic) bond motifs is 1. The molecule has 22 heavy (non-hydrogen) atoms. The van der Waals surface area contributed by atoms with Gasteiger partial charge in [0.25, 0.3) is 5.91 Å². The van der Waals surface area contributed by atoms with Gasteiger partial charge in [-0.15, -0.1) is 11.3 Å². The summed E-state index contributed by atoms with van der Waals surface area (Å²) in [6, 6.07) is 8.39. The van der Waals surface area contributed by atoms with E-state index in [0.29, 0.717) is 11.1 Å². The minimum Gasteiger partial charge on any atom is -0.481 e. The molecule has 7 heteroatoms. The number of carbonyl (C=O) groups excluding carboxylic acids is 1. The van der Waals surface area contributed by atoms with E-state index in [0.717, 1.165) is 10.3 Å². The van der Waals surface area contributed by atoms with E-state index in [1.54, 1.807) is 18.3 Å². The number of benzene rings is 1. The number of aliphatic carboxylic acids is 1. The van der Waals surface area contributed by atoms with Gasteiger partial charge in [0.05, 0.1) is 29.7 Å². The summed E-state index contributed by atoms with van der Waals surface area (Å²) < 4.78 is 0. The van der Waals surface area contributed by atoms with E-state index < -0.39 is 12.0 Å². The van der Waals surface area contributed by atoms with Crippen molar-refractivity contribution in [1.82, 2.24) is 15.5 Å². The molecule has 1 atom stereocenters. The molecule has 0 saturated carbocycles. The number of amides is 1. The molecule has 1 unspecified atom stereocenters. The highest BCUT2D eigenvalue weighted by Gasteiger charge is 2.21. The van der Waals surface area contributed by atoms with Gasteiger partial charge in [-0.05, 0) is 17.5 Å². The van der Waals surface area contributed by atoms with Crippen molar-refractivity contribution in [2.75, 3.05) is 0 Å². The van der Waals surface area contributed by atoms with Crippen LogP contribution < -0.4 is 5.32 Å². The van der Waals surface area contributed by atoms with Crippen LogP contribution in [0.3, 0.4) is 0 Å². The van der Waals surface area contributed by atoms with E-state index in [2.05, 4.69) is 15.5 Å². The molecule has 3 rings (SSSR count). The highest BCUT2D eigenvalue weighted by molar-refractivity contribution is 7.10. The van der Waals surface area contributed by atoms with Crippen LogP contribution in [0.2, 0.25) is 0 Å². The number of H-pyrrole nitrogens is 1. The molecule has 2 heterocycles. The lowest BCUT2D eigenvalue weighted by Crippen LogP contribution is -2.29. The van der Waals surface area contributed by atoms with E-state index in [4.69, 9.17) is 5.11 Å². The van der Waals surface area contributed by atoms with Crippen molar-refractivity contribution in [1.29, 1.82) is 0 Å². The van der Waals surface area contributed by atoms with Gasteiger partial charge < -0.3 is 10.4 Å². The van der Waals surface area contributed by atoms with Crippen LogP contribution >= 0.6 is 11.3 Å². The Labute approximate surface area is 129 Å². The number of aromatic nitrogens is 2. The number of carbonyl (C=O) groups is 2. The van der Waals surface area contributed by atoms with Crippen molar-refractivity contribution in [3.8, 4) is 0 Å². The number of thiophene rings is 1. The van der Waals surface area contributed by atoms with Crippen LogP contribution in [0.25, 0.3) is 10.9 Å². The summed E-state index contributed by atoms with van der Waals surface area (Å²) >= 11 is 1.42. The first-order valence-corrected chi connectivity index (χ1v) is 7.51. The molecular formula is C15H13N3O3S. The molecular weight excluding hydrogens is 302 g/mol. The number of rotatable bonds is 5. The Balaban J connectivity index is 1.88. The Hall–Kier alpha value is -2.67. The van der Waals surface area contributed by atoms with Crippen LogP contribution in [0.4, 0.5) is 0 Å². The summed E-state index contributed by atoms with van der Waals surface area (Å²) in [6.45, 7) is 0. The highest BCUT2D eigenvalue weighted by atomic mass is 32.1. The van der Waals surface area contributed by atoms with Gasteiger partial charge in [-0.3, -0.25) is 14.7 Å². The van der Waals surface area contributed by atoms with E-state index in [-0.39, 0.29) is 12.3 Å². The van der Waals surface area contributed by atoms with Crippen molar-refractivity contribution in [2.45, 2.75) is 12.5 Å². The first-order valence-electron chi connectivity index (χ1n) is 6.63. The molecule has 6 nitrogen and oxygen atoms in total. The van der Waals surface area contributed by atoms with Gasteiger partial charge in [0.2, 0.25) is 0 Å². The molecule has 1 aromatic carbocycles. The number of hydrogen-bond acceptors (Lipinski definition) is 4. The maximum atomic E-state index is 12.5. The Kier molecular flexibility index (Phi) is 3.88. The van der Waals surface area contributed by atoms with Crippen molar-refractivity contribution < 1.29 is 14.7 Å². The van der Waals surface area contributed by atoms with E-state index >= 15 is 0 Å². The van der Waals surface area contributed by atoms with Crippen molar-refractivity contribution in [3.63, 3.8) is 0 Å². The lowest BCUT2D eigenvalue weighted by molar-refractivity contribution is -0.137. The van der Waals surface area contributed by atoms with Gasteiger partial charge in [0, 0.05) is 10.3 Å². The number of carboxylic acid groups (broad SMARTS) is 1. The van der Waals surface area contributed by atoms with Crippen molar-refractivity contribution in [3.05, 3.63) is 52.3 Å². The molecule has 2 aromatic heterocycles. The van der Waals surface area contributed by atoms with Gasteiger partial charge in [0.15, 0.2) is 0 Å². The van der Waals surface area contributed by atoms with E-state index in [1.807, 2.05) is 23.6 Å². The third-order valence-electron chi connectivity index (χ3n) is 3.29. The minimum absolute atomic E-state index is 0.162. The second-order valence-electron chi connectivity index (χ2n) is 4.78. The standard InChI is InChI=1S/C15H13N3O3S/c19-13(20)7-11(12-5-2-6-22-12)17-15(21)10-4-1-3-9-8-16-18-14(9)10/h1-6,8,11H,7H2,(H,16,18)(H,17,21)(H,19,20). The quantitative estimate of drug-likeness (QED) is 0.674. The van der Waals surface area contributed by atoms with Gasteiger partial charge in [-0.1, -0.05) is 18.2 Å². The lowest BCUT2D eigenvalue weighted by Gasteiger charge is -2.15. The molecule has 0 aliphatic carbocycles. The lowest BCUT2D eigenvalue weighted by atomic mass is 10.1. The number of nitrogens with zero attached hydrogens (tertiary/aromatic N) is 1. The minimum atomic E-state index is -0.960. The predicted octanol–water partition coefficient (Wildman–Crippen LogP) is 2.57. The normalized spacial score (nSPS) is 12.2. The second kappa shape index (κ2) is 5.98. The molecule has 0 bridgehead atoms. The van der Waals surface area contributed by atoms with Crippen LogP contribution in [0.5, 0.6) is 0 Å². The second-order valence-corrected chi connectivity index (χ2v) is 5.76. The zero-order valence-electron chi connectivity index (χ0n) is 11.4. The van der Waals surface area contributed by atoms with Crippen LogP contribution in [-0.4, -0.2) is 27.2 Å². The Morgan fingerprint density at radius 1 is 1.32 bits per heavy atom. The van der Waals surface area contributed by atoms with Gasteiger partial charge >= 0.3 is 5.97 Å². The van der Waals surface area contributed by atoms with Crippen LogP contribution in [0.15, 0.2) is 41.9 Å². The van der Waals surface area contributed by atoms with Crippen LogP contribution in [-0.2, 0) is 4.79 Å². The number of nitrogens with one attached hydrogen (secondary N) is 2. The summed E-state index contributed by atoms with van der Waals surface area (Å²) in [6.07, 6.45) is 1.48. The number of hydrogen-bond donors (Lipinski definition) is 3. The molecule has 0 fully saturated rings. The first kappa shape index (κ1) is 14.3. The molecule has 1 amide bonds. The molecule has 0 saturated heterocycles. The van der Waals surface area contributed by atoms with Gasteiger partial charge in [0.1, 0.15) is 0 Å². The average molecular weight is 315 g/mol. The predicted molar refractivity (Wildman–Crippen MR) is 82.9 cm³/mol. The fourth-order valence-corrected chi connectivity index (χ4v) is 3.06. The Morgan fingerprint density at radius 2 is 2.18 bits per heavy atom. The number of aromatic amines is 1. The zero-order valence-corrected chi connectivity index (χ0v) is 12.3. The summed E-state index contributed by atoms with van der Waals surface area (Å²) in [4.78, 5) is 24.3. The SMILES string of the molecule is O=C(O)CC(NC(=O)c1cccc2cn[nH]c12)c1cccs1. The highest BCUT2D eigenvalue weighted by Crippen LogP contribution is 2.23. The molecule has 0 radical (unpaired) electrons. The third-order valence-corrected chi connectivity index (χ3v) is 4.28. The molecule has 0 aliphatic heterocycles. The fraction of sp³-hybridized carbons (Fsp3) is 0.133. The molecule has 0 aliphatic rings. The first-order chi connectivity index (χ1) is 10.6. The van der Waals surface area contributed by atoms with Gasteiger partial charge in [-0.25, -0.2) is 0 Å². The number of carboxylic acids is 1. The monoisotopic (exact) mass is 315 g/mol. The molecule has 3 aromatic rings. The van der Waals surface area contributed by atoms with E-state index in [9.17, 15) is 9.59 Å². The van der Waals surface area contributed by atoms with Crippen LogP contribution in [0, 0.1) is 0 Å². The maximum Gasteiger partial charge on any atom is 0.305 e.